The Balaban J connectivity index is 1.29. The van der Waals surface area contributed by atoms with Crippen molar-refractivity contribution in [2.24, 2.45) is 0 Å². The summed E-state index contributed by atoms with van der Waals surface area (Å²) in [6.45, 7) is 0.243. The number of methoxy groups -OCH3 is 1. The molecule has 0 saturated heterocycles. The first kappa shape index (κ1) is 19.2. The number of ether oxygens (including phenoxy) is 3. The van der Waals surface area contributed by atoms with E-state index in [0.29, 0.717) is 29.4 Å². The molecular weight excluding hydrogens is 420 g/mol. The zero-order valence-electron chi connectivity index (χ0n) is 15.0. The molecule has 0 bridgehead atoms. The number of anilines is 1. The summed E-state index contributed by atoms with van der Waals surface area (Å²) in [5.41, 5.74) is 1.39. The highest BCUT2D eigenvalue weighted by atomic mass is 32.2. The summed E-state index contributed by atoms with van der Waals surface area (Å²) >= 11 is 3.12. The van der Waals surface area contributed by atoms with Gasteiger partial charge in [-0.25, -0.2) is 13.4 Å². The molecule has 3 aromatic rings. The summed E-state index contributed by atoms with van der Waals surface area (Å²) in [6, 6.07) is 10.6. The van der Waals surface area contributed by atoms with Gasteiger partial charge in [-0.2, -0.15) is 0 Å². The molecule has 0 radical (unpaired) electrons. The van der Waals surface area contributed by atoms with Crippen molar-refractivity contribution < 1.29 is 22.6 Å². The second-order valence-electron chi connectivity index (χ2n) is 6.00. The predicted octanol–water partition coefficient (Wildman–Crippen LogP) is 3.96. The van der Waals surface area contributed by atoms with Crippen molar-refractivity contribution in [1.29, 1.82) is 0 Å². The quantitative estimate of drug-likeness (QED) is 0.421. The van der Waals surface area contributed by atoms with Crippen molar-refractivity contribution in [2.75, 3.05) is 30.1 Å². The minimum Gasteiger partial charge on any atom is -0.497 e. The van der Waals surface area contributed by atoms with Crippen LogP contribution < -0.4 is 18.9 Å². The number of thiazole rings is 1. The number of fused-ring (bicyclic) bond motifs is 2. The predicted molar refractivity (Wildman–Crippen MR) is 111 cm³/mol. The van der Waals surface area contributed by atoms with E-state index >= 15 is 0 Å². The Bertz CT molecular complexity index is 1040. The molecule has 0 atom stereocenters. The molecule has 0 unspecified atom stereocenters. The number of nitrogens with zero attached hydrogens (tertiary/aromatic N) is 1. The second kappa shape index (κ2) is 8.06. The third kappa shape index (κ3) is 4.45. The lowest BCUT2D eigenvalue weighted by Gasteiger charge is -2.08. The van der Waals surface area contributed by atoms with Gasteiger partial charge in [-0.05, 0) is 30.7 Å². The van der Waals surface area contributed by atoms with Gasteiger partial charge in [0.05, 0.1) is 23.1 Å². The van der Waals surface area contributed by atoms with Gasteiger partial charge in [-0.15, -0.1) is 11.3 Å². The number of benzene rings is 2. The molecule has 0 spiro atoms. The maximum Gasteiger partial charge on any atom is 0.232 e. The van der Waals surface area contributed by atoms with Gasteiger partial charge in [0, 0.05) is 23.6 Å². The van der Waals surface area contributed by atoms with Crippen LogP contribution in [0.25, 0.3) is 10.2 Å². The van der Waals surface area contributed by atoms with Crippen LogP contribution in [0.5, 0.6) is 17.2 Å². The van der Waals surface area contributed by atoms with Crippen molar-refractivity contribution in [3.63, 3.8) is 0 Å². The van der Waals surface area contributed by atoms with Crippen molar-refractivity contribution in [1.82, 2.24) is 4.98 Å². The van der Waals surface area contributed by atoms with Crippen LogP contribution in [0.1, 0.15) is 6.42 Å². The van der Waals surface area contributed by atoms with E-state index in [1.54, 1.807) is 54.5 Å². The van der Waals surface area contributed by atoms with Gasteiger partial charge in [0.25, 0.3) is 0 Å². The van der Waals surface area contributed by atoms with Crippen LogP contribution in [-0.4, -0.2) is 38.8 Å². The highest BCUT2D eigenvalue weighted by Crippen LogP contribution is 2.39. The van der Waals surface area contributed by atoms with Gasteiger partial charge >= 0.3 is 0 Å². The molecule has 0 amide bonds. The maximum atomic E-state index is 12.2. The van der Waals surface area contributed by atoms with E-state index in [4.69, 9.17) is 14.2 Å². The molecule has 2 heterocycles. The smallest absolute Gasteiger partial charge is 0.232 e. The van der Waals surface area contributed by atoms with Gasteiger partial charge in [-0.1, -0.05) is 11.8 Å². The van der Waals surface area contributed by atoms with Crippen molar-refractivity contribution in [3.05, 3.63) is 36.4 Å². The minimum absolute atomic E-state index is 0.0485. The summed E-state index contributed by atoms with van der Waals surface area (Å²) < 4.78 is 44.8. The summed E-state index contributed by atoms with van der Waals surface area (Å²) in [7, 11) is -1.83. The molecule has 10 heteroatoms. The molecule has 1 aliphatic rings. The minimum atomic E-state index is -3.39. The largest absolute Gasteiger partial charge is 0.497 e. The first-order valence-corrected chi connectivity index (χ1v) is 12.0. The lowest BCUT2D eigenvalue weighted by molar-refractivity contribution is 0.174. The lowest BCUT2D eigenvalue weighted by Crippen LogP contribution is -2.17. The van der Waals surface area contributed by atoms with Crippen LogP contribution in [0.15, 0.2) is 40.7 Å². The molecule has 1 aliphatic heterocycles. The average molecular weight is 439 g/mol. The Morgan fingerprint density at radius 3 is 2.71 bits per heavy atom. The molecule has 0 aliphatic carbocycles. The first-order valence-electron chi connectivity index (χ1n) is 8.50. The number of nitrogens with one attached hydrogen (secondary N) is 1. The van der Waals surface area contributed by atoms with E-state index in [9.17, 15) is 8.42 Å². The lowest BCUT2D eigenvalue weighted by atomic mass is 10.3. The van der Waals surface area contributed by atoms with Crippen molar-refractivity contribution in [3.8, 4) is 17.2 Å². The molecule has 4 rings (SSSR count). The summed E-state index contributed by atoms with van der Waals surface area (Å²) in [5, 5.41) is 0. The van der Waals surface area contributed by atoms with E-state index in [1.807, 2.05) is 12.1 Å². The maximum absolute atomic E-state index is 12.2. The molecular formula is C18H18N2O5S3. The topological polar surface area (TPSA) is 86.8 Å². The van der Waals surface area contributed by atoms with E-state index in [-0.39, 0.29) is 12.5 Å². The second-order valence-corrected chi connectivity index (χ2v) is 10.2. The van der Waals surface area contributed by atoms with Gasteiger partial charge in [0.15, 0.2) is 15.8 Å². The van der Waals surface area contributed by atoms with Gasteiger partial charge in [-0.3, -0.25) is 4.72 Å². The third-order valence-corrected chi connectivity index (χ3v) is 7.63. The van der Waals surface area contributed by atoms with Crippen LogP contribution >= 0.6 is 23.1 Å². The van der Waals surface area contributed by atoms with Crippen LogP contribution in [0, 0.1) is 0 Å². The molecule has 0 saturated carbocycles. The zero-order chi connectivity index (χ0) is 19.6. The Morgan fingerprint density at radius 1 is 1.21 bits per heavy atom. The van der Waals surface area contributed by atoms with Crippen molar-refractivity contribution >= 4 is 49.0 Å². The Hall–Kier alpha value is -2.17. The fraction of sp³-hybridized carbons (Fsp3) is 0.278. The summed E-state index contributed by atoms with van der Waals surface area (Å²) in [6.07, 6.45) is 0.523. The van der Waals surface area contributed by atoms with E-state index in [0.717, 1.165) is 20.3 Å². The molecule has 1 N–H and O–H groups in total. The fourth-order valence-electron chi connectivity index (χ4n) is 2.66. The van der Waals surface area contributed by atoms with Gasteiger partial charge < -0.3 is 14.2 Å². The molecule has 1 aromatic heterocycles. The summed E-state index contributed by atoms with van der Waals surface area (Å²) in [4.78, 5) is 4.58. The van der Waals surface area contributed by atoms with Crippen molar-refractivity contribution in [2.45, 2.75) is 10.8 Å². The van der Waals surface area contributed by atoms with E-state index in [2.05, 4.69) is 9.71 Å². The number of hydrogen-bond donors (Lipinski definition) is 1. The molecule has 0 fully saturated rings. The Kier molecular flexibility index (Phi) is 5.51. The molecule has 2 aromatic carbocycles. The highest BCUT2D eigenvalue weighted by molar-refractivity contribution is 8.01. The summed E-state index contributed by atoms with van der Waals surface area (Å²) in [5.74, 6) is 2.84. The fourth-order valence-corrected chi connectivity index (χ4v) is 6.05. The third-order valence-electron chi connectivity index (χ3n) is 4.01. The number of aromatic nitrogens is 1. The normalized spacial score (nSPS) is 13.0. The van der Waals surface area contributed by atoms with Gasteiger partial charge in [0.2, 0.25) is 16.8 Å². The Morgan fingerprint density at radius 2 is 1.96 bits per heavy atom. The van der Waals surface area contributed by atoms with Crippen LogP contribution in [0.4, 0.5) is 5.69 Å². The monoisotopic (exact) mass is 438 g/mol. The SMILES string of the molecule is COc1ccc(NS(=O)(=O)CCCSc2nc3cc4c(cc3s2)OCO4)cc1. The molecule has 148 valence electrons. The van der Waals surface area contributed by atoms with Gasteiger partial charge in [0.1, 0.15) is 5.75 Å². The standard InChI is InChI=1S/C18H18N2O5S3/c1-23-13-5-3-12(4-6-13)20-28(21,22)8-2-7-26-18-19-14-9-15-16(25-11-24-15)10-17(14)27-18/h3-6,9-10,20H,2,7-8,11H2,1H3. The number of thioether (sulfide) groups is 1. The molecule has 28 heavy (non-hydrogen) atoms. The first-order chi connectivity index (χ1) is 13.5. The number of rotatable bonds is 8. The highest BCUT2D eigenvalue weighted by Gasteiger charge is 2.17. The molecule has 7 nitrogen and oxygen atoms in total. The number of hydrogen-bond acceptors (Lipinski definition) is 8. The van der Waals surface area contributed by atoms with Crippen LogP contribution in [0.3, 0.4) is 0 Å². The number of sulfonamides is 1. The van der Waals surface area contributed by atoms with E-state index in [1.165, 1.54) is 0 Å². The zero-order valence-corrected chi connectivity index (χ0v) is 17.5. The Labute approximate surface area is 171 Å². The van der Waals surface area contributed by atoms with E-state index < -0.39 is 10.0 Å². The average Bonchev–Trinajstić information content (AvgIpc) is 3.29. The van der Waals surface area contributed by atoms with Crippen LogP contribution in [-0.2, 0) is 10.0 Å². The van der Waals surface area contributed by atoms with Crippen LogP contribution in [0.2, 0.25) is 0 Å².